The molecule has 0 aliphatic rings. The van der Waals surface area contributed by atoms with Crippen LogP contribution >= 0.6 is 0 Å². The van der Waals surface area contributed by atoms with Crippen LogP contribution in [0.15, 0.2) is 115 Å². The van der Waals surface area contributed by atoms with Crippen LogP contribution in [0.4, 0.5) is 0 Å². The van der Waals surface area contributed by atoms with Crippen molar-refractivity contribution in [3.63, 3.8) is 0 Å². The number of hydrogen-bond donors (Lipinski definition) is 0. The Morgan fingerprint density at radius 1 is 0.675 bits per heavy atom. The number of ether oxygens (including phenoxy) is 1. The molecule has 0 saturated carbocycles. The zero-order valence-corrected chi connectivity index (χ0v) is 23.3. The molecule has 0 aliphatic carbocycles. The second-order valence-electron chi connectivity index (χ2n) is 9.77. The maximum absolute atomic E-state index is 6.38. The van der Waals surface area contributed by atoms with Gasteiger partial charge in [0.15, 0.2) is 0 Å². The van der Waals surface area contributed by atoms with E-state index in [4.69, 9.17) is 14.7 Å². The van der Waals surface area contributed by atoms with Gasteiger partial charge in [-0.2, -0.15) is 0 Å². The van der Waals surface area contributed by atoms with E-state index < -0.39 is 0 Å². The number of pyridine rings is 3. The van der Waals surface area contributed by atoms with Crippen LogP contribution in [-0.4, -0.2) is 34.0 Å². The monoisotopic (exact) mass is 582 g/mol. The first-order valence-corrected chi connectivity index (χ1v) is 14.8. The van der Waals surface area contributed by atoms with E-state index >= 15 is 0 Å². The molecule has 0 atom stereocenters. The number of aryl methyl sites for hydroxylation is 1. The van der Waals surface area contributed by atoms with E-state index in [0.717, 1.165) is 44.9 Å². The summed E-state index contributed by atoms with van der Waals surface area (Å²) >= 11 is 0.135. The summed E-state index contributed by atoms with van der Waals surface area (Å²) in [4.78, 5) is 14.4. The number of nitrogens with zero attached hydrogens (tertiary/aromatic N) is 4. The molecule has 0 N–H and O–H groups in total. The molecule has 3 aromatic carbocycles. The van der Waals surface area contributed by atoms with Gasteiger partial charge in [-0.05, 0) is 6.07 Å². The molecule has 8 rings (SSSR count). The predicted molar refractivity (Wildman–Crippen MR) is 163 cm³/mol. The van der Waals surface area contributed by atoms with Gasteiger partial charge in [0.05, 0.1) is 0 Å². The van der Waals surface area contributed by atoms with Crippen LogP contribution in [0, 0.1) is 6.92 Å². The SMILES string of the molecule is Cc1ccc2c(n1)[se]c1c(-c3cccc(Oc4ccc5c6ccccc6n(-c6ccccn6)c5c4)n3)cccc12. The summed E-state index contributed by atoms with van der Waals surface area (Å²) in [7, 11) is 0. The molecule has 0 radical (unpaired) electrons. The van der Waals surface area contributed by atoms with Gasteiger partial charge in [-0.3, -0.25) is 0 Å². The normalized spacial score (nSPS) is 11.6. The summed E-state index contributed by atoms with van der Waals surface area (Å²) in [5.41, 5.74) is 5.26. The standard InChI is InChI=1S/C34H22N4OSe/c1-21-15-17-26-25-9-6-10-27(33(25)40-34(26)36-21)28-11-7-14-32(37-28)39-22-16-18-24-23-8-2-3-12-29(23)38(30(24)20-22)31-13-4-5-19-35-31/h2-20H,1H3. The third kappa shape index (κ3) is 3.73. The average Bonchev–Trinajstić information content (AvgIpc) is 3.52. The Morgan fingerprint density at radius 3 is 2.42 bits per heavy atom. The van der Waals surface area contributed by atoms with E-state index in [0.29, 0.717) is 5.88 Å². The Balaban J connectivity index is 1.22. The van der Waals surface area contributed by atoms with Crippen molar-refractivity contribution in [2.45, 2.75) is 6.92 Å². The maximum atomic E-state index is 6.38. The minimum absolute atomic E-state index is 0.135. The predicted octanol–water partition coefficient (Wildman–Crippen LogP) is 8.10. The quantitative estimate of drug-likeness (QED) is 0.197. The molecule has 190 valence electrons. The van der Waals surface area contributed by atoms with Crippen molar-refractivity contribution in [3.8, 4) is 28.7 Å². The van der Waals surface area contributed by atoms with Gasteiger partial charge in [0.2, 0.25) is 0 Å². The topological polar surface area (TPSA) is 52.8 Å². The molecule has 0 bridgehead atoms. The van der Waals surface area contributed by atoms with E-state index in [9.17, 15) is 0 Å². The number of rotatable bonds is 4. The molecular weight excluding hydrogens is 559 g/mol. The fourth-order valence-electron chi connectivity index (χ4n) is 5.46. The molecule has 8 aromatic rings. The summed E-state index contributed by atoms with van der Waals surface area (Å²) in [5, 5.41) is 4.84. The first-order chi connectivity index (χ1) is 19.7. The van der Waals surface area contributed by atoms with Gasteiger partial charge in [-0.25, -0.2) is 0 Å². The number of hydrogen-bond acceptors (Lipinski definition) is 4. The van der Waals surface area contributed by atoms with E-state index in [-0.39, 0.29) is 14.5 Å². The van der Waals surface area contributed by atoms with Gasteiger partial charge in [0.25, 0.3) is 0 Å². The Hall–Kier alpha value is -4.77. The molecule has 0 unspecified atom stereocenters. The third-order valence-electron chi connectivity index (χ3n) is 7.25. The Labute approximate surface area is 236 Å². The molecule has 0 fully saturated rings. The van der Waals surface area contributed by atoms with E-state index in [2.05, 4.69) is 89.3 Å². The molecule has 0 spiro atoms. The first kappa shape index (κ1) is 23.1. The average molecular weight is 582 g/mol. The molecule has 40 heavy (non-hydrogen) atoms. The van der Waals surface area contributed by atoms with Crippen molar-refractivity contribution in [2.75, 3.05) is 0 Å². The summed E-state index contributed by atoms with van der Waals surface area (Å²) < 4.78 is 11.1. The van der Waals surface area contributed by atoms with Crippen molar-refractivity contribution in [3.05, 3.63) is 121 Å². The van der Waals surface area contributed by atoms with E-state index in [1.165, 1.54) is 24.8 Å². The number of para-hydroxylation sites is 1. The molecule has 5 nitrogen and oxygen atoms in total. The fraction of sp³-hybridized carbons (Fsp3) is 0.0294. The third-order valence-corrected chi connectivity index (χ3v) is 9.66. The van der Waals surface area contributed by atoms with Crippen LogP contribution in [-0.2, 0) is 0 Å². The van der Waals surface area contributed by atoms with Gasteiger partial charge in [0, 0.05) is 6.20 Å². The number of aromatic nitrogens is 4. The molecule has 6 heteroatoms. The summed E-state index contributed by atoms with van der Waals surface area (Å²) in [6.07, 6.45) is 1.82. The second-order valence-corrected chi connectivity index (χ2v) is 11.9. The van der Waals surface area contributed by atoms with E-state index in [1.807, 2.05) is 42.6 Å². The van der Waals surface area contributed by atoms with E-state index in [1.54, 1.807) is 0 Å². The van der Waals surface area contributed by atoms with Crippen LogP contribution < -0.4 is 4.74 Å². The van der Waals surface area contributed by atoms with Crippen LogP contribution in [0.5, 0.6) is 11.6 Å². The molecule has 5 aromatic heterocycles. The van der Waals surface area contributed by atoms with Crippen molar-refractivity contribution in [1.82, 2.24) is 19.5 Å². The van der Waals surface area contributed by atoms with Crippen molar-refractivity contribution in [2.24, 2.45) is 0 Å². The summed E-state index contributed by atoms with van der Waals surface area (Å²) in [6.45, 7) is 2.05. The van der Waals surface area contributed by atoms with Gasteiger partial charge in [-0.1, -0.05) is 18.2 Å². The van der Waals surface area contributed by atoms with Crippen LogP contribution in [0.2, 0.25) is 0 Å². The molecule has 5 heterocycles. The van der Waals surface area contributed by atoms with Crippen LogP contribution in [0.25, 0.3) is 58.3 Å². The zero-order valence-electron chi connectivity index (χ0n) is 21.6. The Morgan fingerprint density at radius 2 is 1.50 bits per heavy atom. The fourth-order valence-corrected chi connectivity index (χ4v) is 8.07. The van der Waals surface area contributed by atoms with Gasteiger partial charge >= 0.3 is 206 Å². The number of benzene rings is 3. The van der Waals surface area contributed by atoms with Crippen LogP contribution in [0.3, 0.4) is 0 Å². The Kier molecular flexibility index (Phi) is 5.30. The van der Waals surface area contributed by atoms with Crippen molar-refractivity contribution in [1.29, 1.82) is 0 Å². The van der Waals surface area contributed by atoms with Crippen LogP contribution in [0.1, 0.15) is 5.69 Å². The molecule has 0 saturated heterocycles. The van der Waals surface area contributed by atoms with Gasteiger partial charge in [0.1, 0.15) is 0 Å². The Bertz CT molecular complexity index is 2220. The van der Waals surface area contributed by atoms with Gasteiger partial charge in [-0.15, -0.1) is 0 Å². The molecule has 0 aliphatic heterocycles. The number of fused-ring (bicyclic) bond motifs is 6. The first-order valence-electron chi connectivity index (χ1n) is 13.1. The zero-order chi connectivity index (χ0) is 26.6. The minimum atomic E-state index is 0.135. The van der Waals surface area contributed by atoms with Crippen molar-refractivity contribution >= 4 is 55.7 Å². The molecule has 0 amide bonds. The molecular formula is C34H22N4OSe. The van der Waals surface area contributed by atoms with Gasteiger partial charge < -0.3 is 0 Å². The second kappa shape index (κ2) is 9.16. The van der Waals surface area contributed by atoms with Crippen molar-refractivity contribution < 1.29 is 4.74 Å². The summed E-state index contributed by atoms with van der Waals surface area (Å²) in [6, 6.07) is 37.3. The summed E-state index contributed by atoms with van der Waals surface area (Å²) in [5.74, 6) is 2.16.